The van der Waals surface area contributed by atoms with Crippen LogP contribution in [0.1, 0.15) is 16.5 Å². The molecule has 2 N–H and O–H groups in total. The molecule has 25 heavy (non-hydrogen) atoms. The molecular weight excluding hydrogens is 339 g/mol. The molecule has 1 fully saturated rings. The molecule has 4 nitrogen and oxygen atoms in total. The maximum Gasteiger partial charge on any atom is 0.321 e. The third-order valence-electron chi connectivity index (χ3n) is 4.45. The highest BCUT2D eigenvalue weighted by molar-refractivity contribution is 7.99. The molecule has 0 radical (unpaired) electrons. The first-order valence-electron chi connectivity index (χ1n) is 8.04. The Morgan fingerprint density at radius 2 is 2.00 bits per heavy atom. The molecule has 0 bridgehead atoms. The molecule has 1 saturated heterocycles. The van der Waals surface area contributed by atoms with E-state index in [2.05, 4.69) is 28.2 Å². The van der Waals surface area contributed by atoms with Crippen molar-refractivity contribution < 1.29 is 14.3 Å². The number of fused-ring (bicyclic) bond motifs is 1. The normalized spacial score (nSPS) is 20.2. The maximum absolute atomic E-state index is 13.1. The number of nitrogens with zero attached hydrogens (tertiary/aromatic N) is 1. The van der Waals surface area contributed by atoms with E-state index >= 15 is 0 Å². The summed E-state index contributed by atoms with van der Waals surface area (Å²) in [6, 6.07) is 14.1. The Morgan fingerprint density at radius 1 is 1.24 bits per heavy atom. The first-order chi connectivity index (χ1) is 12.1. The highest BCUT2D eigenvalue weighted by Crippen LogP contribution is 2.37. The molecule has 128 valence electrons. The second-order valence-corrected chi connectivity index (χ2v) is 7.26. The summed E-state index contributed by atoms with van der Waals surface area (Å²) in [4.78, 5) is 11.2. The number of hydrogen-bond acceptors (Lipinski definition) is 3. The van der Waals surface area contributed by atoms with Crippen LogP contribution in [-0.4, -0.2) is 27.4 Å². The number of hydrogen-bond donors (Lipinski definition) is 2. The van der Waals surface area contributed by atoms with Crippen molar-refractivity contribution in [2.45, 2.75) is 18.0 Å². The van der Waals surface area contributed by atoms with Gasteiger partial charge in [-0.05, 0) is 23.8 Å². The maximum atomic E-state index is 13.1. The fraction of sp³-hybridized carbons (Fsp3) is 0.211. The molecule has 0 amide bonds. The average Bonchev–Trinajstić information content (AvgIpc) is 3.22. The summed E-state index contributed by atoms with van der Waals surface area (Å²) < 4.78 is 15.3. The lowest BCUT2D eigenvalue weighted by Gasteiger charge is -2.09. The van der Waals surface area contributed by atoms with Crippen molar-refractivity contribution in [2.24, 2.45) is 0 Å². The molecule has 1 aromatic heterocycles. The monoisotopic (exact) mass is 356 g/mol. The fourth-order valence-electron chi connectivity index (χ4n) is 3.19. The van der Waals surface area contributed by atoms with Gasteiger partial charge in [-0.3, -0.25) is 10.1 Å². The van der Waals surface area contributed by atoms with Gasteiger partial charge in [0.2, 0.25) is 0 Å². The smallest absolute Gasteiger partial charge is 0.321 e. The zero-order chi connectivity index (χ0) is 17.4. The number of thioether (sulfide) groups is 1. The lowest BCUT2D eigenvalue weighted by atomic mass is 10.1. The van der Waals surface area contributed by atoms with Crippen LogP contribution in [0, 0.1) is 5.82 Å². The van der Waals surface area contributed by atoms with Gasteiger partial charge in [0.1, 0.15) is 11.9 Å². The van der Waals surface area contributed by atoms with E-state index in [-0.39, 0.29) is 11.2 Å². The van der Waals surface area contributed by atoms with Gasteiger partial charge in [-0.15, -0.1) is 11.8 Å². The largest absolute Gasteiger partial charge is 0.480 e. The molecule has 3 aromatic rings. The van der Waals surface area contributed by atoms with Crippen molar-refractivity contribution in [1.82, 2.24) is 9.88 Å². The lowest BCUT2D eigenvalue weighted by molar-refractivity contribution is -0.138. The summed E-state index contributed by atoms with van der Waals surface area (Å²) >= 11 is 1.61. The Labute approximate surface area is 148 Å². The molecule has 4 rings (SSSR count). The summed E-state index contributed by atoms with van der Waals surface area (Å²) in [5.41, 5.74) is 3.19. The summed E-state index contributed by atoms with van der Waals surface area (Å²) in [5, 5.41) is 13.5. The zero-order valence-electron chi connectivity index (χ0n) is 13.4. The number of aromatic nitrogens is 1. The SMILES string of the molecule is O=C(O)[C@@H]1CS[C@@H](c2cn(Cc3ccc(F)cc3)c3ccccc23)N1. The van der Waals surface area contributed by atoms with Crippen LogP contribution in [0.3, 0.4) is 0 Å². The van der Waals surface area contributed by atoms with Crippen LogP contribution >= 0.6 is 11.8 Å². The van der Waals surface area contributed by atoms with Gasteiger partial charge < -0.3 is 9.67 Å². The van der Waals surface area contributed by atoms with Gasteiger partial charge in [0.05, 0.1) is 5.37 Å². The van der Waals surface area contributed by atoms with E-state index in [0.717, 1.165) is 22.0 Å². The number of carboxylic acid groups (broad SMARTS) is 1. The van der Waals surface area contributed by atoms with Crippen LogP contribution in [0.2, 0.25) is 0 Å². The van der Waals surface area contributed by atoms with Crippen LogP contribution in [-0.2, 0) is 11.3 Å². The van der Waals surface area contributed by atoms with Crippen molar-refractivity contribution in [2.75, 3.05) is 5.75 Å². The van der Waals surface area contributed by atoms with Gasteiger partial charge in [0.25, 0.3) is 0 Å². The van der Waals surface area contributed by atoms with E-state index in [9.17, 15) is 14.3 Å². The van der Waals surface area contributed by atoms with Gasteiger partial charge in [-0.25, -0.2) is 4.39 Å². The van der Waals surface area contributed by atoms with Crippen molar-refractivity contribution in [3.8, 4) is 0 Å². The number of para-hydroxylation sites is 1. The molecule has 2 heterocycles. The Bertz CT molecular complexity index is 923. The van der Waals surface area contributed by atoms with Crippen LogP contribution < -0.4 is 5.32 Å². The minimum absolute atomic E-state index is 0.0412. The predicted octanol–water partition coefficient (Wildman–Crippen LogP) is 3.62. The number of carbonyl (C=O) groups is 1. The van der Waals surface area contributed by atoms with Crippen molar-refractivity contribution >= 4 is 28.6 Å². The fourth-order valence-corrected chi connectivity index (χ4v) is 4.45. The number of halogens is 1. The summed E-state index contributed by atoms with van der Waals surface area (Å²) in [7, 11) is 0. The molecule has 6 heteroatoms. The molecule has 0 unspecified atom stereocenters. The Balaban J connectivity index is 1.69. The number of benzene rings is 2. The standard InChI is InChI=1S/C19H17FN2O2S/c20-13-7-5-12(6-8-13)9-22-10-15(14-3-1-2-4-17(14)22)18-21-16(11-25-18)19(23)24/h1-8,10,16,18,21H,9,11H2,(H,23,24)/t16-,18-/m0/s1. The Morgan fingerprint density at radius 3 is 2.72 bits per heavy atom. The molecule has 1 aliphatic rings. The number of aliphatic carboxylic acids is 1. The Hall–Kier alpha value is -2.31. The van der Waals surface area contributed by atoms with E-state index in [4.69, 9.17) is 0 Å². The number of rotatable bonds is 4. The highest BCUT2D eigenvalue weighted by atomic mass is 32.2. The van der Waals surface area contributed by atoms with Crippen molar-refractivity contribution in [3.05, 3.63) is 71.7 Å². The van der Waals surface area contributed by atoms with E-state index in [1.165, 1.54) is 12.1 Å². The van der Waals surface area contributed by atoms with Gasteiger partial charge in [0.15, 0.2) is 0 Å². The van der Waals surface area contributed by atoms with Crippen LogP contribution in [0.25, 0.3) is 10.9 Å². The summed E-state index contributed by atoms with van der Waals surface area (Å²) in [6.07, 6.45) is 2.07. The Kier molecular flexibility index (Phi) is 4.23. The van der Waals surface area contributed by atoms with Crippen LogP contribution in [0.15, 0.2) is 54.7 Å². The van der Waals surface area contributed by atoms with E-state index in [0.29, 0.717) is 12.3 Å². The third-order valence-corrected chi connectivity index (χ3v) is 5.70. The first-order valence-corrected chi connectivity index (χ1v) is 9.09. The third kappa shape index (κ3) is 3.15. The van der Waals surface area contributed by atoms with E-state index < -0.39 is 12.0 Å². The number of nitrogens with one attached hydrogen (secondary N) is 1. The highest BCUT2D eigenvalue weighted by Gasteiger charge is 2.31. The molecular formula is C19H17FN2O2S. The zero-order valence-corrected chi connectivity index (χ0v) is 14.2. The van der Waals surface area contributed by atoms with E-state index in [1.807, 2.05) is 12.1 Å². The van der Waals surface area contributed by atoms with Crippen molar-refractivity contribution in [3.63, 3.8) is 0 Å². The van der Waals surface area contributed by atoms with Gasteiger partial charge in [-0.1, -0.05) is 30.3 Å². The van der Waals surface area contributed by atoms with Gasteiger partial charge in [0, 0.05) is 35.0 Å². The van der Waals surface area contributed by atoms with Crippen molar-refractivity contribution in [1.29, 1.82) is 0 Å². The predicted molar refractivity (Wildman–Crippen MR) is 97.2 cm³/mol. The first kappa shape index (κ1) is 16.2. The van der Waals surface area contributed by atoms with Gasteiger partial charge in [-0.2, -0.15) is 0 Å². The second kappa shape index (κ2) is 6.54. The molecule has 1 aliphatic heterocycles. The molecule has 2 atom stereocenters. The molecule has 0 saturated carbocycles. The quantitative estimate of drug-likeness (QED) is 0.750. The summed E-state index contributed by atoms with van der Waals surface area (Å²) in [6.45, 7) is 0.639. The topological polar surface area (TPSA) is 54.3 Å². The van der Waals surface area contributed by atoms with Crippen LogP contribution in [0.4, 0.5) is 4.39 Å². The average molecular weight is 356 g/mol. The molecule has 0 aliphatic carbocycles. The van der Waals surface area contributed by atoms with E-state index in [1.54, 1.807) is 23.9 Å². The lowest BCUT2D eigenvalue weighted by Crippen LogP contribution is -2.33. The summed E-state index contributed by atoms with van der Waals surface area (Å²) in [5.74, 6) is -0.504. The molecule has 0 spiro atoms. The number of carboxylic acids is 1. The van der Waals surface area contributed by atoms with Crippen LogP contribution in [0.5, 0.6) is 0 Å². The molecule has 2 aromatic carbocycles. The van der Waals surface area contributed by atoms with Gasteiger partial charge >= 0.3 is 5.97 Å². The minimum atomic E-state index is -0.815. The second-order valence-electron chi connectivity index (χ2n) is 6.13. The minimum Gasteiger partial charge on any atom is -0.480 e.